The Bertz CT molecular complexity index is 1210. The molecule has 0 radical (unpaired) electrons. The molecule has 0 aliphatic carbocycles. The summed E-state index contributed by atoms with van der Waals surface area (Å²) in [5.41, 5.74) is 0.376. The molecule has 0 aromatic heterocycles. The van der Waals surface area contributed by atoms with Gasteiger partial charge in [-0.15, -0.1) is 0 Å². The van der Waals surface area contributed by atoms with E-state index in [0.29, 0.717) is 35.9 Å². The van der Waals surface area contributed by atoms with Crippen LogP contribution in [0.15, 0.2) is 47.4 Å². The Morgan fingerprint density at radius 2 is 1.97 bits per heavy atom. The number of hydrogen-bond acceptors (Lipinski definition) is 4. The molecule has 33 heavy (non-hydrogen) atoms. The van der Waals surface area contributed by atoms with Crippen LogP contribution in [0.5, 0.6) is 0 Å². The van der Waals surface area contributed by atoms with Gasteiger partial charge in [0.15, 0.2) is 0 Å². The van der Waals surface area contributed by atoms with Crippen molar-refractivity contribution in [2.24, 2.45) is 5.92 Å². The first-order chi connectivity index (χ1) is 15.5. The molecule has 0 bridgehead atoms. The highest BCUT2D eigenvalue weighted by molar-refractivity contribution is 7.89. The van der Waals surface area contributed by atoms with E-state index in [1.54, 1.807) is 32.0 Å². The van der Waals surface area contributed by atoms with Gasteiger partial charge in [0.2, 0.25) is 21.8 Å². The van der Waals surface area contributed by atoms with Crippen molar-refractivity contribution in [2.45, 2.75) is 43.9 Å². The predicted octanol–water partition coefficient (Wildman–Crippen LogP) is 3.51. The molecule has 2 aliphatic rings. The third-order valence-corrected chi connectivity index (χ3v) is 8.24. The van der Waals surface area contributed by atoms with Gasteiger partial charge in [-0.05, 0) is 74.6 Å². The first-order valence-electron chi connectivity index (χ1n) is 11.0. The molecule has 1 saturated heterocycles. The van der Waals surface area contributed by atoms with Crippen molar-refractivity contribution in [2.75, 3.05) is 29.9 Å². The summed E-state index contributed by atoms with van der Waals surface area (Å²) in [4.78, 5) is 27.2. The Hall–Kier alpha value is -2.78. The standard InChI is InChI=1S/C24H28FN3O4S/c1-16-6-5-11-27(14-16)33(31,32)19-9-10-21-20(13-19)24(2,3)23(30)28(21)15-22(29)26-18-8-4-7-17(25)12-18/h4,7-10,12-13,16H,5-6,11,14-15H2,1-3H3,(H,26,29)/t16-/m1/s1. The third-order valence-electron chi connectivity index (χ3n) is 6.38. The average Bonchev–Trinajstić information content (AvgIpc) is 2.94. The molecule has 2 heterocycles. The molecule has 0 unspecified atom stereocenters. The largest absolute Gasteiger partial charge is 0.324 e. The van der Waals surface area contributed by atoms with Crippen molar-refractivity contribution in [3.8, 4) is 0 Å². The summed E-state index contributed by atoms with van der Waals surface area (Å²) in [5.74, 6) is -0.953. The lowest BCUT2D eigenvalue weighted by Crippen LogP contribution is -2.40. The maximum absolute atomic E-state index is 13.4. The van der Waals surface area contributed by atoms with Gasteiger partial charge >= 0.3 is 0 Å². The van der Waals surface area contributed by atoms with Crippen molar-refractivity contribution >= 4 is 33.2 Å². The molecule has 0 spiro atoms. The highest BCUT2D eigenvalue weighted by atomic mass is 32.2. The number of halogens is 1. The lowest BCUT2D eigenvalue weighted by Gasteiger charge is -2.30. The van der Waals surface area contributed by atoms with Crippen molar-refractivity contribution in [1.29, 1.82) is 0 Å². The van der Waals surface area contributed by atoms with Crippen LogP contribution >= 0.6 is 0 Å². The Morgan fingerprint density at radius 1 is 1.21 bits per heavy atom. The number of carbonyl (C=O) groups excluding carboxylic acids is 2. The van der Waals surface area contributed by atoms with E-state index < -0.39 is 27.2 Å². The Kier molecular flexibility index (Phi) is 6.05. The van der Waals surface area contributed by atoms with Crippen LogP contribution in [0.25, 0.3) is 0 Å². The minimum Gasteiger partial charge on any atom is -0.324 e. The molecule has 4 rings (SSSR count). The molecule has 2 aliphatic heterocycles. The zero-order valence-electron chi connectivity index (χ0n) is 19.0. The second-order valence-corrected chi connectivity index (χ2v) is 11.3. The van der Waals surface area contributed by atoms with Gasteiger partial charge in [0.25, 0.3) is 0 Å². The fourth-order valence-electron chi connectivity index (χ4n) is 4.55. The molecular formula is C24H28FN3O4S. The van der Waals surface area contributed by atoms with Crippen molar-refractivity contribution in [3.63, 3.8) is 0 Å². The molecule has 1 fully saturated rings. The summed E-state index contributed by atoms with van der Waals surface area (Å²) in [5, 5.41) is 2.60. The minimum absolute atomic E-state index is 0.155. The average molecular weight is 474 g/mol. The van der Waals surface area contributed by atoms with Gasteiger partial charge in [0.05, 0.1) is 10.3 Å². The van der Waals surface area contributed by atoms with E-state index in [9.17, 15) is 22.4 Å². The second-order valence-electron chi connectivity index (χ2n) is 9.36. The van der Waals surface area contributed by atoms with Crippen LogP contribution in [-0.4, -0.2) is 44.2 Å². The zero-order chi connectivity index (χ0) is 24.0. The lowest BCUT2D eigenvalue weighted by molar-refractivity contribution is -0.124. The third kappa shape index (κ3) is 4.39. The monoisotopic (exact) mass is 473 g/mol. The number of sulfonamides is 1. The normalized spacial score (nSPS) is 20.5. The van der Waals surface area contributed by atoms with Gasteiger partial charge in [0.1, 0.15) is 12.4 Å². The SMILES string of the molecule is C[C@@H]1CCCN(S(=O)(=O)c2ccc3c(c2)C(C)(C)C(=O)N3CC(=O)Nc2cccc(F)c2)C1. The molecular weight excluding hydrogens is 445 g/mol. The molecule has 2 aromatic carbocycles. The summed E-state index contributed by atoms with van der Waals surface area (Å²) in [6.45, 7) is 6.18. The number of amides is 2. The van der Waals surface area contributed by atoms with Crippen LogP contribution in [0.4, 0.5) is 15.8 Å². The van der Waals surface area contributed by atoms with Crippen LogP contribution in [0.1, 0.15) is 39.2 Å². The topological polar surface area (TPSA) is 86.8 Å². The minimum atomic E-state index is -3.68. The van der Waals surface area contributed by atoms with E-state index >= 15 is 0 Å². The number of nitrogens with zero attached hydrogens (tertiary/aromatic N) is 2. The number of benzene rings is 2. The quantitative estimate of drug-likeness (QED) is 0.720. The number of carbonyl (C=O) groups is 2. The lowest BCUT2D eigenvalue weighted by atomic mass is 9.86. The Labute approximate surface area is 193 Å². The number of hydrogen-bond donors (Lipinski definition) is 1. The molecule has 1 atom stereocenters. The Balaban J connectivity index is 1.60. The number of rotatable bonds is 5. The maximum Gasteiger partial charge on any atom is 0.244 e. The molecule has 7 nitrogen and oxygen atoms in total. The van der Waals surface area contributed by atoms with E-state index in [0.717, 1.165) is 12.8 Å². The second kappa shape index (κ2) is 8.53. The smallest absolute Gasteiger partial charge is 0.244 e. The summed E-state index contributed by atoms with van der Waals surface area (Å²) in [6, 6.07) is 10.2. The highest BCUT2D eigenvalue weighted by Gasteiger charge is 2.45. The van der Waals surface area contributed by atoms with Gasteiger partial charge in [-0.3, -0.25) is 9.59 Å². The van der Waals surface area contributed by atoms with Crippen LogP contribution < -0.4 is 10.2 Å². The summed E-state index contributed by atoms with van der Waals surface area (Å²) >= 11 is 0. The summed E-state index contributed by atoms with van der Waals surface area (Å²) < 4.78 is 41.4. The first-order valence-corrected chi connectivity index (χ1v) is 12.5. The van der Waals surface area contributed by atoms with E-state index in [2.05, 4.69) is 5.32 Å². The molecule has 1 N–H and O–H groups in total. The molecule has 0 saturated carbocycles. The van der Waals surface area contributed by atoms with E-state index in [1.807, 2.05) is 6.92 Å². The number of nitrogens with one attached hydrogen (secondary N) is 1. The molecule has 2 amide bonds. The summed E-state index contributed by atoms with van der Waals surface area (Å²) in [6.07, 6.45) is 1.83. The van der Waals surface area contributed by atoms with Crippen LogP contribution in [0.2, 0.25) is 0 Å². The number of fused-ring (bicyclic) bond motifs is 1. The van der Waals surface area contributed by atoms with Gasteiger partial charge in [0, 0.05) is 24.5 Å². The van der Waals surface area contributed by atoms with Gasteiger partial charge in [-0.1, -0.05) is 13.0 Å². The maximum atomic E-state index is 13.4. The first kappa shape index (κ1) is 23.4. The zero-order valence-corrected chi connectivity index (χ0v) is 19.8. The highest BCUT2D eigenvalue weighted by Crippen LogP contribution is 2.43. The number of piperidine rings is 1. The van der Waals surface area contributed by atoms with Crippen molar-refractivity contribution in [1.82, 2.24) is 4.31 Å². The van der Waals surface area contributed by atoms with Crippen LogP contribution in [0.3, 0.4) is 0 Å². The molecule has 2 aromatic rings. The molecule has 176 valence electrons. The molecule has 9 heteroatoms. The van der Waals surface area contributed by atoms with Crippen LogP contribution in [0, 0.1) is 11.7 Å². The van der Waals surface area contributed by atoms with Crippen molar-refractivity contribution < 1.29 is 22.4 Å². The predicted molar refractivity (Wildman–Crippen MR) is 124 cm³/mol. The van der Waals surface area contributed by atoms with Gasteiger partial charge in [-0.2, -0.15) is 4.31 Å². The fourth-order valence-corrected chi connectivity index (χ4v) is 6.18. The fraction of sp³-hybridized carbons (Fsp3) is 0.417. The van der Waals surface area contributed by atoms with Gasteiger partial charge < -0.3 is 10.2 Å². The Morgan fingerprint density at radius 3 is 2.67 bits per heavy atom. The van der Waals surface area contributed by atoms with E-state index in [4.69, 9.17) is 0 Å². The van der Waals surface area contributed by atoms with E-state index in [-0.39, 0.29) is 17.3 Å². The van der Waals surface area contributed by atoms with E-state index in [1.165, 1.54) is 33.5 Å². The number of anilines is 2. The van der Waals surface area contributed by atoms with Crippen LogP contribution in [-0.2, 0) is 25.0 Å². The summed E-state index contributed by atoms with van der Waals surface area (Å²) in [7, 11) is -3.68. The van der Waals surface area contributed by atoms with Crippen molar-refractivity contribution in [3.05, 3.63) is 53.8 Å². The van der Waals surface area contributed by atoms with Gasteiger partial charge in [-0.25, -0.2) is 12.8 Å².